The summed E-state index contributed by atoms with van der Waals surface area (Å²) in [6.45, 7) is 3.63. The number of imide groups is 1. The number of thioether (sulfide) groups is 1. The van der Waals surface area contributed by atoms with Crippen LogP contribution in [-0.4, -0.2) is 59.7 Å². The first kappa shape index (κ1) is 36.3. The van der Waals surface area contributed by atoms with Crippen molar-refractivity contribution in [2.45, 2.75) is 36.5 Å². The van der Waals surface area contributed by atoms with Crippen LogP contribution in [0.2, 0.25) is 0 Å². The maximum absolute atomic E-state index is 14.3. The van der Waals surface area contributed by atoms with Crippen LogP contribution in [0.1, 0.15) is 57.3 Å². The van der Waals surface area contributed by atoms with E-state index in [9.17, 15) is 28.8 Å². The van der Waals surface area contributed by atoms with Crippen molar-refractivity contribution >= 4 is 80.1 Å². The summed E-state index contributed by atoms with van der Waals surface area (Å²) in [4.78, 5) is 83.5. The summed E-state index contributed by atoms with van der Waals surface area (Å²) in [6, 6.07) is 18.3. The van der Waals surface area contributed by atoms with E-state index in [0.717, 1.165) is 31.3 Å². The number of halogens is 1. The minimum atomic E-state index is -0.536. The number of benzene rings is 3. The van der Waals surface area contributed by atoms with Gasteiger partial charge in [0.1, 0.15) is 5.75 Å². The topological polar surface area (TPSA) is 161 Å². The molecular weight excluding hydrogens is 798 g/mol. The molecule has 12 nitrogen and oxygen atoms in total. The number of anilines is 2. The third kappa shape index (κ3) is 6.25. The fraction of sp³-hybridized carbons (Fsp3) is 0.333. The van der Waals surface area contributed by atoms with Gasteiger partial charge in [-0.15, -0.1) is 11.8 Å². The molecule has 278 valence electrons. The van der Waals surface area contributed by atoms with Gasteiger partial charge in [-0.05, 0) is 105 Å². The molecule has 15 heteroatoms. The molecule has 1 aromatic heterocycles. The number of esters is 2. The summed E-state index contributed by atoms with van der Waals surface area (Å²) in [5, 5.41) is 3.48. The number of carbonyl (C=O) groups is 5. The van der Waals surface area contributed by atoms with Gasteiger partial charge in [0, 0.05) is 31.8 Å². The third-order valence-corrected chi connectivity index (χ3v) is 13.8. The molecule has 6 unspecified atom stereocenters. The fourth-order valence-electron chi connectivity index (χ4n) is 8.72. The number of aromatic nitrogens is 1. The van der Waals surface area contributed by atoms with Crippen molar-refractivity contribution in [1.29, 1.82) is 0 Å². The molecule has 2 saturated carbocycles. The van der Waals surface area contributed by atoms with Crippen molar-refractivity contribution in [3.05, 3.63) is 102 Å². The van der Waals surface area contributed by atoms with Gasteiger partial charge >= 0.3 is 16.8 Å². The van der Waals surface area contributed by atoms with Crippen LogP contribution in [0.25, 0.3) is 0 Å². The van der Waals surface area contributed by atoms with Crippen molar-refractivity contribution < 1.29 is 38.2 Å². The molecule has 54 heavy (non-hydrogen) atoms. The highest BCUT2D eigenvalue weighted by Gasteiger charge is 2.70. The van der Waals surface area contributed by atoms with Crippen LogP contribution in [0.3, 0.4) is 0 Å². The Labute approximate surface area is 326 Å². The number of carbonyl (C=O) groups excluding carboxylic acids is 5. The average Bonchev–Trinajstić information content (AvgIpc) is 3.90. The number of rotatable bonds is 10. The van der Waals surface area contributed by atoms with Crippen molar-refractivity contribution in [2.75, 3.05) is 30.0 Å². The second-order valence-corrected chi connectivity index (χ2v) is 16.7. The normalized spacial score (nSPS) is 24.8. The van der Waals surface area contributed by atoms with Crippen molar-refractivity contribution in [3.8, 4) is 5.75 Å². The molecule has 7 atom stereocenters. The van der Waals surface area contributed by atoms with Gasteiger partial charge in [-0.3, -0.25) is 24.1 Å². The number of amides is 3. The van der Waals surface area contributed by atoms with Crippen LogP contribution in [-0.2, 0) is 23.9 Å². The summed E-state index contributed by atoms with van der Waals surface area (Å²) in [5.41, 5.74) is 2.37. The second kappa shape index (κ2) is 14.5. The first-order chi connectivity index (χ1) is 26.1. The highest BCUT2D eigenvalue weighted by atomic mass is 79.9. The zero-order chi connectivity index (χ0) is 37.8. The SMILES string of the molecule is CCOC(=O)c1ccc(NC(=O)COc2ccc(Br)cc2[C@H]2c3sc(=O)[nH]c3SC3C4CC(C5C(=O)N(c6ccc(C(=O)OCC)cc6)C(=O)C45)C32)cc1. The zero-order valence-corrected chi connectivity index (χ0v) is 32.3. The molecule has 2 bridgehead atoms. The number of ether oxygens (including phenoxy) is 3. The van der Waals surface area contributed by atoms with Crippen LogP contribution in [0.4, 0.5) is 11.4 Å². The Morgan fingerprint density at radius 2 is 1.50 bits per heavy atom. The average molecular weight is 833 g/mol. The predicted molar refractivity (Wildman–Crippen MR) is 204 cm³/mol. The maximum atomic E-state index is 14.3. The number of fused-ring (bicyclic) bond motifs is 9. The van der Waals surface area contributed by atoms with Gasteiger partial charge in [0.05, 0.1) is 46.9 Å². The van der Waals surface area contributed by atoms with E-state index in [-0.39, 0.29) is 65.4 Å². The van der Waals surface area contributed by atoms with Gasteiger partial charge in [0.2, 0.25) is 11.8 Å². The van der Waals surface area contributed by atoms with E-state index in [4.69, 9.17) is 14.2 Å². The summed E-state index contributed by atoms with van der Waals surface area (Å²) >= 11 is 6.33. The number of H-pyrrole nitrogens is 1. The van der Waals surface area contributed by atoms with Gasteiger partial charge in [-0.1, -0.05) is 27.3 Å². The molecule has 0 spiro atoms. The molecule has 4 aliphatic rings. The molecule has 4 aromatic rings. The summed E-state index contributed by atoms with van der Waals surface area (Å²) in [6.07, 6.45) is 0.696. The summed E-state index contributed by atoms with van der Waals surface area (Å²) in [5.74, 6) is -3.12. The minimum Gasteiger partial charge on any atom is -0.483 e. The number of aromatic amines is 1. The smallest absolute Gasteiger partial charge is 0.338 e. The lowest BCUT2D eigenvalue weighted by molar-refractivity contribution is -0.123. The molecule has 3 amide bonds. The Kier molecular flexibility index (Phi) is 9.73. The molecule has 2 N–H and O–H groups in total. The molecule has 0 radical (unpaired) electrons. The van der Waals surface area contributed by atoms with Crippen LogP contribution in [0, 0.1) is 29.6 Å². The largest absolute Gasteiger partial charge is 0.483 e. The van der Waals surface area contributed by atoms with E-state index in [2.05, 4.69) is 26.2 Å². The zero-order valence-electron chi connectivity index (χ0n) is 29.0. The lowest BCUT2D eigenvalue weighted by atomic mass is 9.68. The molecule has 2 aliphatic heterocycles. The van der Waals surface area contributed by atoms with Crippen LogP contribution in [0.5, 0.6) is 5.75 Å². The highest BCUT2D eigenvalue weighted by Crippen LogP contribution is 2.69. The number of nitrogens with one attached hydrogen (secondary N) is 2. The second-order valence-electron chi connectivity index (χ2n) is 13.6. The summed E-state index contributed by atoms with van der Waals surface area (Å²) < 4.78 is 17.1. The summed E-state index contributed by atoms with van der Waals surface area (Å²) in [7, 11) is 0. The predicted octanol–water partition coefficient (Wildman–Crippen LogP) is 6.25. The Balaban J connectivity index is 1.07. The van der Waals surface area contributed by atoms with Gasteiger partial charge in [-0.25, -0.2) is 9.59 Å². The lowest BCUT2D eigenvalue weighted by Gasteiger charge is -2.43. The molecule has 2 aliphatic carbocycles. The van der Waals surface area contributed by atoms with E-state index >= 15 is 0 Å². The quantitative estimate of drug-likeness (QED) is 0.138. The highest BCUT2D eigenvalue weighted by molar-refractivity contribution is 9.10. The fourth-order valence-corrected chi connectivity index (χ4v) is 12.0. The van der Waals surface area contributed by atoms with Gasteiger partial charge in [-0.2, -0.15) is 0 Å². The van der Waals surface area contributed by atoms with Gasteiger partial charge in [0.15, 0.2) is 6.61 Å². The van der Waals surface area contributed by atoms with Gasteiger partial charge < -0.3 is 24.5 Å². The number of thiazole rings is 1. The lowest BCUT2D eigenvalue weighted by Crippen LogP contribution is -2.42. The van der Waals surface area contributed by atoms with E-state index in [1.54, 1.807) is 80.2 Å². The number of hydrogen-bond acceptors (Lipinski definition) is 11. The van der Waals surface area contributed by atoms with Gasteiger partial charge in [0.25, 0.3) is 5.91 Å². The monoisotopic (exact) mass is 831 g/mol. The van der Waals surface area contributed by atoms with E-state index in [0.29, 0.717) is 34.7 Å². The maximum Gasteiger partial charge on any atom is 0.338 e. The molecule has 1 saturated heterocycles. The molecule has 8 rings (SSSR count). The first-order valence-electron chi connectivity index (χ1n) is 17.6. The Morgan fingerprint density at radius 3 is 2.15 bits per heavy atom. The van der Waals surface area contributed by atoms with E-state index in [1.807, 2.05) is 12.1 Å². The minimum absolute atomic E-state index is 0.0606. The molecule has 3 fully saturated rings. The van der Waals surface area contributed by atoms with Crippen LogP contribution >= 0.6 is 39.0 Å². The molecular formula is C39H34BrN3O9S2. The Bertz CT molecular complexity index is 2240. The Morgan fingerprint density at radius 1 is 0.870 bits per heavy atom. The molecule has 3 aromatic carbocycles. The first-order valence-corrected chi connectivity index (χ1v) is 20.1. The van der Waals surface area contributed by atoms with Crippen molar-refractivity contribution in [1.82, 2.24) is 4.98 Å². The van der Waals surface area contributed by atoms with Crippen molar-refractivity contribution in [3.63, 3.8) is 0 Å². The number of nitrogens with zero attached hydrogens (tertiary/aromatic N) is 1. The Hall–Kier alpha value is -4.73. The van der Waals surface area contributed by atoms with Crippen LogP contribution < -0.4 is 19.8 Å². The third-order valence-electron chi connectivity index (χ3n) is 10.7. The van der Waals surface area contributed by atoms with E-state index in [1.165, 1.54) is 4.90 Å². The van der Waals surface area contributed by atoms with Crippen molar-refractivity contribution in [2.24, 2.45) is 29.6 Å². The number of hydrogen-bond donors (Lipinski definition) is 2. The van der Waals surface area contributed by atoms with Crippen LogP contribution in [0.15, 0.2) is 81.0 Å². The standard InChI is InChI=1S/C39H34BrN3O9S2/c1-3-50-37(47)18-5-10-21(11-6-18)41-27(44)17-52-26-14-9-20(40)15-23(26)28-29-24-16-25(32(29)53-34-33(28)54-39(49)42-34)31-30(24)35(45)43(36(31)46)22-12-7-19(8-13-22)38(48)51-4-2/h5-15,24-25,28-32H,3-4,16-17H2,1-2H3,(H,41,44)(H,42,49)/t24?,25?,28-,29?,30?,31?,32?/m1/s1. The molecule has 3 heterocycles. The van der Waals surface area contributed by atoms with E-state index < -0.39 is 29.7 Å².